The number of carbonyl (C=O) groups excluding carboxylic acids is 1. The van der Waals surface area contributed by atoms with E-state index >= 15 is 0 Å². The first-order valence-electron chi connectivity index (χ1n) is 10.6. The van der Waals surface area contributed by atoms with E-state index in [9.17, 15) is 13.6 Å². The van der Waals surface area contributed by atoms with Crippen LogP contribution in [0.1, 0.15) is 40.4 Å². The fourth-order valence-corrected chi connectivity index (χ4v) is 3.73. The van der Waals surface area contributed by atoms with Gasteiger partial charge in [-0.1, -0.05) is 49.7 Å². The van der Waals surface area contributed by atoms with E-state index in [2.05, 4.69) is 6.92 Å². The van der Waals surface area contributed by atoms with E-state index in [1.807, 2.05) is 12.1 Å². The molecule has 0 aromatic heterocycles. The van der Waals surface area contributed by atoms with Crippen LogP contribution in [0.4, 0.5) is 8.78 Å². The Balaban J connectivity index is 1.49. The average Bonchev–Trinajstić information content (AvgIpc) is 2.81. The summed E-state index contributed by atoms with van der Waals surface area (Å²) in [5, 5.41) is 0. The van der Waals surface area contributed by atoms with Crippen molar-refractivity contribution in [2.75, 3.05) is 13.2 Å². The maximum atomic E-state index is 13.5. The highest BCUT2D eigenvalue weighted by Crippen LogP contribution is 2.38. The van der Waals surface area contributed by atoms with Crippen LogP contribution in [0.3, 0.4) is 0 Å². The van der Waals surface area contributed by atoms with Gasteiger partial charge in [-0.3, -0.25) is 0 Å². The lowest BCUT2D eigenvalue weighted by Gasteiger charge is -2.40. The number of benzene rings is 3. The molecule has 3 aromatic rings. The molecule has 4 rings (SSSR count). The molecule has 4 nitrogen and oxygen atoms in total. The molecule has 0 radical (unpaired) electrons. The fourth-order valence-electron chi connectivity index (χ4n) is 3.73. The average molecular weight is 438 g/mol. The topological polar surface area (TPSA) is 44.8 Å². The highest BCUT2D eigenvalue weighted by atomic mass is 19.1. The van der Waals surface area contributed by atoms with E-state index in [4.69, 9.17) is 14.2 Å². The van der Waals surface area contributed by atoms with Crippen LogP contribution in [0.2, 0.25) is 0 Å². The zero-order valence-electron chi connectivity index (χ0n) is 17.7. The lowest BCUT2D eigenvalue weighted by atomic mass is 9.96. The van der Waals surface area contributed by atoms with Gasteiger partial charge >= 0.3 is 5.97 Å². The smallest absolute Gasteiger partial charge is 0.338 e. The SMILES string of the molecule is CCCc1ccc(C(=O)OC2COC(c3ccc(F)cc3)(c3ccc(F)cc3)OC2)cc1. The predicted molar refractivity (Wildman–Crippen MR) is 115 cm³/mol. The Morgan fingerprint density at radius 3 is 1.84 bits per heavy atom. The molecule has 0 N–H and O–H groups in total. The van der Waals surface area contributed by atoms with Crippen molar-refractivity contribution >= 4 is 5.97 Å². The monoisotopic (exact) mass is 438 g/mol. The van der Waals surface area contributed by atoms with Crippen molar-refractivity contribution in [1.82, 2.24) is 0 Å². The Bertz CT molecular complexity index is 991. The molecule has 0 aliphatic carbocycles. The molecule has 0 bridgehead atoms. The number of aryl methyl sites for hydroxylation is 1. The molecule has 1 fully saturated rings. The van der Waals surface area contributed by atoms with E-state index in [0.717, 1.165) is 18.4 Å². The predicted octanol–water partition coefficient (Wildman–Crippen LogP) is 5.39. The second kappa shape index (κ2) is 9.59. The first-order chi connectivity index (χ1) is 15.5. The number of carbonyl (C=O) groups is 1. The van der Waals surface area contributed by atoms with E-state index in [0.29, 0.717) is 16.7 Å². The number of esters is 1. The van der Waals surface area contributed by atoms with Crippen LogP contribution in [0, 0.1) is 11.6 Å². The number of halogens is 2. The van der Waals surface area contributed by atoms with Crippen LogP contribution < -0.4 is 0 Å². The summed E-state index contributed by atoms with van der Waals surface area (Å²) in [7, 11) is 0. The van der Waals surface area contributed by atoms with Gasteiger partial charge in [0.25, 0.3) is 0 Å². The molecule has 0 saturated carbocycles. The molecule has 1 saturated heterocycles. The minimum Gasteiger partial charge on any atom is -0.454 e. The van der Waals surface area contributed by atoms with E-state index in [1.54, 1.807) is 36.4 Å². The van der Waals surface area contributed by atoms with Crippen molar-refractivity contribution < 1.29 is 27.8 Å². The maximum Gasteiger partial charge on any atom is 0.338 e. The van der Waals surface area contributed by atoms with Gasteiger partial charge in [0.2, 0.25) is 5.79 Å². The molecule has 166 valence electrons. The number of hydrogen-bond donors (Lipinski definition) is 0. The van der Waals surface area contributed by atoms with Gasteiger partial charge in [0, 0.05) is 11.1 Å². The van der Waals surface area contributed by atoms with Gasteiger partial charge in [-0.25, -0.2) is 13.6 Å². The van der Waals surface area contributed by atoms with Gasteiger partial charge in [0.05, 0.1) is 18.8 Å². The molecular formula is C26H24F2O4. The second-order valence-electron chi connectivity index (χ2n) is 7.73. The first kappa shape index (κ1) is 22.1. The van der Waals surface area contributed by atoms with Gasteiger partial charge in [-0.05, 0) is 48.4 Å². The van der Waals surface area contributed by atoms with Crippen molar-refractivity contribution in [3.8, 4) is 0 Å². The summed E-state index contributed by atoms with van der Waals surface area (Å²) in [5.74, 6) is -2.60. The largest absolute Gasteiger partial charge is 0.454 e. The van der Waals surface area contributed by atoms with Crippen molar-refractivity contribution in [2.45, 2.75) is 31.7 Å². The first-order valence-corrected chi connectivity index (χ1v) is 10.6. The number of ether oxygens (including phenoxy) is 3. The summed E-state index contributed by atoms with van der Waals surface area (Å²) < 4.78 is 44.7. The van der Waals surface area contributed by atoms with E-state index in [1.165, 1.54) is 24.3 Å². The molecule has 1 heterocycles. The number of rotatable bonds is 6. The fraction of sp³-hybridized carbons (Fsp3) is 0.269. The van der Waals surface area contributed by atoms with Crippen molar-refractivity contribution in [3.63, 3.8) is 0 Å². The third-order valence-electron chi connectivity index (χ3n) is 5.40. The maximum absolute atomic E-state index is 13.5. The zero-order chi connectivity index (χ0) is 22.6. The van der Waals surface area contributed by atoms with Crippen molar-refractivity contribution in [2.24, 2.45) is 0 Å². The second-order valence-corrected chi connectivity index (χ2v) is 7.73. The molecule has 0 unspecified atom stereocenters. The van der Waals surface area contributed by atoms with Crippen molar-refractivity contribution in [3.05, 3.63) is 107 Å². The molecular weight excluding hydrogens is 414 g/mol. The van der Waals surface area contributed by atoms with Crippen LogP contribution in [0.5, 0.6) is 0 Å². The highest BCUT2D eigenvalue weighted by Gasteiger charge is 2.42. The summed E-state index contributed by atoms with van der Waals surface area (Å²) in [4.78, 5) is 12.5. The summed E-state index contributed by atoms with van der Waals surface area (Å²) in [6.07, 6.45) is 1.37. The zero-order valence-corrected chi connectivity index (χ0v) is 17.7. The highest BCUT2D eigenvalue weighted by molar-refractivity contribution is 5.89. The van der Waals surface area contributed by atoms with Gasteiger partial charge in [0.1, 0.15) is 17.7 Å². The van der Waals surface area contributed by atoms with Crippen LogP contribution in [-0.4, -0.2) is 25.3 Å². The van der Waals surface area contributed by atoms with Crippen LogP contribution in [0.15, 0.2) is 72.8 Å². The molecule has 1 aliphatic rings. The Morgan fingerprint density at radius 2 is 1.38 bits per heavy atom. The molecule has 0 atom stereocenters. The van der Waals surface area contributed by atoms with Crippen LogP contribution in [-0.2, 0) is 26.4 Å². The summed E-state index contributed by atoms with van der Waals surface area (Å²) in [6, 6.07) is 18.8. The standard InChI is InChI=1S/C26H24F2O4/c1-2-3-18-4-6-19(7-5-18)25(29)32-24-16-30-26(31-17-24,20-8-12-22(27)13-9-20)21-10-14-23(28)15-11-21/h4-15,24H,2-3,16-17H2,1H3. The van der Waals surface area contributed by atoms with Gasteiger partial charge in [0.15, 0.2) is 0 Å². The Morgan fingerprint density at radius 1 is 0.875 bits per heavy atom. The van der Waals surface area contributed by atoms with Gasteiger partial charge in [-0.2, -0.15) is 0 Å². The van der Waals surface area contributed by atoms with Crippen LogP contribution in [0.25, 0.3) is 0 Å². The Kier molecular flexibility index (Phi) is 6.63. The lowest BCUT2D eigenvalue weighted by Crippen LogP contribution is -2.46. The van der Waals surface area contributed by atoms with Crippen molar-refractivity contribution in [1.29, 1.82) is 0 Å². The van der Waals surface area contributed by atoms with Gasteiger partial charge in [-0.15, -0.1) is 0 Å². The molecule has 3 aromatic carbocycles. The summed E-state index contributed by atoms with van der Waals surface area (Å²) >= 11 is 0. The van der Waals surface area contributed by atoms with E-state index < -0.39 is 29.5 Å². The quantitative estimate of drug-likeness (QED) is 0.484. The third kappa shape index (κ3) is 4.71. The summed E-state index contributed by atoms with van der Waals surface area (Å²) in [5.41, 5.74) is 2.74. The molecule has 6 heteroatoms. The minimum atomic E-state index is -1.36. The Labute approximate surface area is 185 Å². The molecule has 0 amide bonds. The molecule has 0 spiro atoms. The van der Waals surface area contributed by atoms with Crippen LogP contribution >= 0.6 is 0 Å². The van der Waals surface area contributed by atoms with Gasteiger partial charge < -0.3 is 14.2 Å². The third-order valence-corrected chi connectivity index (χ3v) is 5.40. The normalized spacial score (nSPS) is 16.0. The molecule has 1 aliphatic heterocycles. The Hall–Kier alpha value is -3.09. The number of hydrogen-bond acceptors (Lipinski definition) is 4. The summed E-state index contributed by atoms with van der Waals surface area (Å²) in [6.45, 7) is 2.23. The lowest BCUT2D eigenvalue weighted by molar-refractivity contribution is -0.277. The van der Waals surface area contributed by atoms with E-state index in [-0.39, 0.29) is 13.2 Å². The molecule has 32 heavy (non-hydrogen) atoms. The minimum absolute atomic E-state index is 0.0639.